The van der Waals surface area contributed by atoms with Crippen LogP contribution in [0.2, 0.25) is 5.02 Å². The Morgan fingerprint density at radius 2 is 2.11 bits per heavy atom. The Kier molecular flexibility index (Phi) is 6.05. The second-order valence-corrected chi connectivity index (χ2v) is 6.83. The minimum Gasteiger partial charge on any atom is -0.479 e. The molecule has 1 unspecified atom stereocenters. The Morgan fingerprint density at radius 3 is 2.81 bits per heavy atom. The van der Waals surface area contributed by atoms with Crippen molar-refractivity contribution in [3.63, 3.8) is 0 Å². The Bertz CT molecular complexity index is 960. The SMILES string of the molecule is CC(Oc1ccc(C=NNc2nc(-c3ccccc3)cs2)cc1Cl)C(=O)O. The Balaban J connectivity index is 1.62. The third-order valence-electron chi connectivity index (χ3n) is 3.56. The number of rotatable bonds is 7. The first-order valence-electron chi connectivity index (χ1n) is 8.02. The lowest BCUT2D eigenvalue weighted by molar-refractivity contribution is -0.144. The van der Waals surface area contributed by atoms with Crippen molar-refractivity contribution in [2.24, 2.45) is 5.10 Å². The summed E-state index contributed by atoms with van der Waals surface area (Å²) in [5.41, 5.74) is 5.56. The van der Waals surface area contributed by atoms with E-state index in [2.05, 4.69) is 15.5 Å². The van der Waals surface area contributed by atoms with Crippen LogP contribution in [-0.2, 0) is 4.79 Å². The van der Waals surface area contributed by atoms with E-state index in [0.717, 1.165) is 16.8 Å². The minimum atomic E-state index is -1.06. The number of anilines is 1. The molecular formula is C19H16ClN3O3S. The third kappa shape index (κ3) is 5.06. The fraction of sp³-hybridized carbons (Fsp3) is 0.105. The van der Waals surface area contributed by atoms with Gasteiger partial charge in [0.1, 0.15) is 5.75 Å². The second kappa shape index (κ2) is 8.66. The van der Waals surface area contributed by atoms with E-state index in [1.807, 2.05) is 35.7 Å². The van der Waals surface area contributed by atoms with Crippen LogP contribution in [0.25, 0.3) is 11.3 Å². The summed E-state index contributed by atoms with van der Waals surface area (Å²) in [7, 11) is 0. The van der Waals surface area contributed by atoms with Gasteiger partial charge in [0.25, 0.3) is 0 Å². The molecule has 0 saturated carbocycles. The first kappa shape index (κ1) is 18.9. The highest BCUT2D eigenvalue weighted by atomic mass is 35.5. The van der Waals surface area contributed by atoms with Crippen molar-refractivity contribution >= 4 is 40.3 Å². The molecule has 0 radical (unpaired) electrons. The molecule has 6 nitrogen and oxygen atoms in total. The highest BCUT2D eigenvalue weighted by Crippen LogP contribution is 2.26. The van der Waals surface area contributed by atoms with E-state index in [1.165, 1.54) is 18.3 Å². The van der Waals surface area contributed by atoms with Gasteiger partial charge in [0.15, 0.2) is 6.10 Å². The van der Waals surface area contributed by atoms with Gasteiger partial charge >= 0.3 is 5.97 Å². The molecule has 3 aromatic rings. The zero-order valence-corrected chi connectivity index (χ0v) is 15.9. The lowest BCUT2D eigenvalue weighted by Crippen LogP contribution is -2.23. The molecule has 8 heteroatoms. The summed E-state index contributed by atoms with van der Waals surface area (Å²) in [4.78, 5) is 15.3. The highest BCUT2D eigenvalue weighted by Gasteiger charge is 2.14. The van der Waals surface area contributed by atoms with Crippen molar-refractivity contribution in [1.29, 1.82) is 0 Å². The van der Waals surface area contributed by atoms with Crippen LogP contribution >= 0.6 is 22.9 Å². The quantitative estimate of drug-likeness (QED) is 0.440. The van der Waals surface area contributed by atoms with Gasteiger partial charge in [-0.05, 0) is 30.7 Å². The summed E-state index contributed by atoms with van der Waals surface area (Å²) in [6, 6.07) is 14.9. The lowest BCUT2D eigenvalue weighted by atomic mass is 10.2. The molecule has 0 amide bonds. The van der Waals surface area contributed by atoms with Crippen LogP contribution in [0.5, 0.6) is 5.75 Å². The van der Waals surface area contributed by atoms with Crippen molar-refractivity contribution in [1.82, 2.24) is 4.98 Å². The Hall–Kier alpha value is -2.90. The molecule has 0 spiro atoms. The van der Waals surface area contributed by atoms with E-state index in [0.29, 0.717) is 15.9 Å². The van der Waals surface area contributed by atoms with Gasteiger partial charge in [-0.25, -0.2) is 9.78 Å². The molecule has 0 fully saturated rings. The molecule has 138 valence electrons. The molecule has 0 aliphatic carbocycles. The summed E-state index contributed by atoms with van der Waals surface area (Å²) >= 11 is 7.59. The van der Waals surface area contributed by atoms with Gasteiger partial charge in [0.05, 0.1) is 16.9 Å². The molecule has 0 saturated heterocycles. The number of hydrazone groups is 1. The summed E-state index contributed by atoms with van der Waals surface area (Å²) in [5.74, 6) is -0.747. The van der Waals surface area contributed by atoms with Gasteiger partial charge in [0.2, 0.25) is 5.13 Å². The number of carboxylic acids is 1. The van der Waals surface area contributed by atoms with Crippen molar-refractivity contribution in [3.05, 3.63) is 64.5 Å². The molecule has 1 atom stereocenters. The van der Waals surface area contributed by atoms with Gasteiger partial charge in [-0.2, -0.15) is 5.10 Å². The van der Waals surface area contributed by atoms with E-state index in [-0.39, 0.29) is 0 Å². The standard InChI is InChI=1S/C19H16ClN3O3S/c1-12(18(24)25)26-17-8-7-13(9-15(17)20)10-21-23-19-22-16(11-27-19)14-5-3-2-4-6-14/h2-12H,1H3,(H,22,23)(H,24,25). The number of nitrogens with zero attached hydrogens (tertiary/aromatic N) is 2. The predicted octanol–water partition coefficient (Wildman–Crippen LogP) is 4.76. The number of aromatic nitrogens is 1. The average Bonchev–Trinajstić information content (AvgIpc) is 3.13. The maximum atomic E-state index is 10.8. The van der Waals surface area contributed by atoms with E-state index >= 15 is 0 Å². The number of carboxylic acid groups (broad SMARTS) is 1. The van der Waals surface area contributed by atoms with Gasteiger partial charge in [-0.15, -0.1) is 11.3 Å². The van der Waals surface area contributed by atoms with Crippen LogP contribution in [0.1, 0.15) is 12.5 Å². The monoisotopic (exact) mass is 401 g/mol. The molecule has 0 bridgehead atoms. The minimum absolute atomic E-state index is 0.309. The number of hydrogen-bond acceptors (Lipinski definition) is 6. The second-order valence-electron chi connectivity index (χ2n) is 5.56. The van der Waals surface area contributed by atoms with Crippen molar-refractivity contribution < 1.29 is 14.6 Å². The largest absolute Gasteiger partial charge is 0.479 e. The zero-order chi connectivity index (χ0) is 19.2. The Labute approximate surface area is 165 Å². The van der Waals surface area contributed by atoms with Crippen LogP contribution < -0.4 is 10.2 Å². The van der Waals surface area contributed by atoms with Crippen molar-refractivity contribution in [2.75, 3.05) is 5.43 Å². The number of thiazole rings is 1. The van der Waals surface area contributed by atoms with Crippen LogP contribution in [0.3, 0.4) is 0 Å². The van der Waals surface area contributed by atoms with E-state index in [4.69, 9.17) is 21.4 Å². The fourth-order valence-electron chi connectivity index (χ4n) is 2.16. The topological polar surface area (TPSA) is 83.8 Å². The highest BCUT2D eigenvalue weighted by molar-refractivity contribution is 7.14. The number of ether oxygens (including phenoxy) is 1. The molecule has 1 heterocycles. The van der Waals surface area contributed by atoms with E-state index in [9.17, 15) is 4.79 Å². The van der Waals surface area contributed by atoms with Crippen molar-refractivity contribution in [3.8, 4) is 17.0 Å². The maximum absolute atomic E-state index is 10.8. The molecule has 2 aromatic carbocycles. The van der Waals surface area contributed by atoms with Crippen molar-refractivity contribution in [2.45, 2.75) is 13.0 Å². The number of carbonyl (C=O) groups is 1. The summed E-state index contributed by atoms with van der Waals surface area (Å²) in [6.45, 7) is 1.44. The fourth-order valence-corrected chi connectivity index (χ4v) is 3.06. The normalized spacial score (nSPS) is 12.1. The number of hydrogen-bond donors (Lipinski definition) is 2. The van der Waals surface area contributed by atoms with E-state index in [1.54, 1.807) is 24.4 Å². The van der Waals surface area contributed by atoms with Gasteiger partial charge in [-0.1, -0.05) is 41.9 Å². The molecule has 3 rings (SSSR count). The smallest absolute Gasteiger partial charge is 0.344 e. The molecule has 27 heavy (non-hydrogen) atoms. The Morgan fingerprint density at radius 1 is 1.33 bits per heavy atom. The van der Waals surface area contributed by atoms with Crippen LogP contribution in [0.4, 0.5) is 5.13 Å². The van der Waals surface area contributed by atoms with Gasteiger partial charge < -0.3 is 9.84 Å². The molecule has 0 aliphatic heterocycles. The molecule has 0 aliphatic rings. The average molecular weight is 402 g/mol. The van der Waals surface area contributed by atoms with E-state index < -0.39 is 12.1 Å². The summed E-state index contributed by atoms with van der Waals surface area (Å²) < 4.78 is 5.28. The zero-order valence-electron chi connectivity index (χ0n) is 14.3. The first-order valence-corrected chi connectivity index (χ1v) is 9.28. The maximum Gasteiger partial charge on any atom is 0.344 e. The van der Waals surface area contributed by atoms with Gasteiger partial charge in [-0.3, -0.25) is 5.43 Å². The van der Waals surface area contributed by atoms with Crippen LogP contribution in [-0.4, -0.2) is 28.4 Å². The van der Waals surface area contributed by atoms with Crippen LogP contribution in [0, 0.1) is 0 Å². The molecule has 1 aromatic heterocycles. The third-order valence-corrected chi connectivity index (χ3v) is 4.60. The van der Waals surface area contributed by atoms with Gasteiger partial charge in [0, 0.05) is 10.9 Å². The number of halogens is 1. The number of aliphatic carboxylic acids is 1. The lowest BCUT2D eigenvalue weighted by Gasteiger charge is -2.11. The number of nitrogens with one attached hydrogen (secondary N) is 1. The van der Waals surface area contributed by atoms with Crippen LogP contribution in [0.15, 0.2) is 59.0 Å². The summed E-state index contributed by atoms with van der Waals surface area (Å²) in [6.07, 6.45) is 0.618. The molecular weight excluding hydrogens is 386 g/mol. The predicted molar refractivity (Wildman–Crippen MR) is 108 cm³/mol. The molecule has 2 N–H and O–H groups in total. The number of benzene rings is 2. The first-order chi connectivity index (χ1) is 13.0. The summed E-state index contributed by atoms with van der Waals surface area (Å²) in [5, 5.41) is 16.0.